The summed E-state index contributed by atoms with van der Waals surface area (Å²) in [5.41, 5.74) is 11.0. The van der Waals surface area contributed by atoms with Crippen LogP contribution in [0.25, 0.3) is 0 Å². The van der Waals surface area contributed by atoms with Gasteiger partial charge in [-0.1, -0.05) is 65.8 Å². The van der Waals surface area contributed by atoms with Crippen LogP contribution in [0, 0.1) is 13.8 Å². The first-order valence-electron chi connectivity index (χ1n) is 16.7. The zero-order valence-corrected chi connectivity index (χ0v) is 29.8. The standard InChI is InChI=1S/C41H47F3N4/c1-26-19-37-38(20-27(26)2)48(25-47(37)34-17-13-31(14-18-34)40(8,9)10)36-22-32(41(42,43)44)21-35(23-36)46-24-45(28(3)29(46)4)33-15-11-30(12-16-33)39(5,6)7/h11-23H,24-25H2,1-10H3. The van der Waals surface area contributed by atoms with Crippen LogP contribution in [-0.4, -0.2) is 13.3 Å². The van der Waals surface area contributed by atoms with Crippen LogP contribution in [0.2, 0.25) is 0 Å². The zero-order valence-electron chi connectivity index (χ0n) is 29.8. The molecule has 2 aliphatic heterocycles. The van der Waals surface area contributed by atoms with Crippen molar-refractivity contribution in [1.82, 2.24) is 0 Å². The van der Waals surface area contributed by atoms with E-state index in [4.69, 9.17) is 0 Å². The summed E-state index contributed by atoms with van der Waals surface area (Å²) in [6.07, 6.45) is -4.51. The van der Waals surface area contributed by atoms with Crippen molar-refractivity contribution in [2.75, 3.05) is 32.9 Å². The Hall–Kier alpha value is -4.39. The number of hydrogen-bond donors (Lipinski definition) is 0. The third-order valence-electron chi connectivity index (χ3n) is 10.0. The quantitative estimate of drug-likeness (QED) is 0.217. The summed E-state index contributed by atoms with van der Waals surface area (Å²) in [6, 6.07) is 25.7. The van der Waals surface area contributed by atoms with Gasteiger partial charge in [-0.25, -0.2) is 0 Å². The molecule has 0 bridgehead atoms. The summed E-state index contributed by atoms with van der Waals surface area (Å²) in [7, 11) is 0. The first-order valence-corrected chi connectivity index (χ1v) is 16.7. The highest BCUT2D eigenvalue weighted by molar-refractivity contribution is 5.89. The van der Waals surface area contributed by atoms with Gasteiger partial charge in [-0.2, -0.15) is 13.2 Å². The highest BCUT2D eigenvalue weighted by Gasteiger charge is 2.36. The number of hydrogen-bond acceptors (Lipinski definition) is 4. The maximum atomic E-state index is 14.6. The van der Waals surface area contributed by atoms with Gasteiger partial charge in [-0.15, -0.1) is 0 Å². The van der Waals surface area contributed by atoms with Crippen molar-refractivity contribution in [3.05, 3.63) is 118 Å². The lowest BCUT2D eigenvalue weighted by molar-refractivity contribution is -0.137. The highest BCUT2D eigenvalue weighted by Crippen LogP contribution is 2.48. The van der Waals surface area contributed by atoms with Crippen molar-refractivity contribution in [3.63, 3.8) is 0 Å². The molecule has 0 atom stereocenters. The second-order valence-corrected chi connectivity index (χ2v) is 15.4. The molecule has 4 aromatic carbocycles. The molecule has 0 saturated carbocycles. The van der Waals surface area contributed by atoms with Crippen LogP contribution >= 0.6 is 0 Å². The number of alkyl halides is 3. The van der Waals surface area contributed by atoms with E-state index in [-0.39, 0.29) is 10.8 Å². The van der Waals surface area contributed by atoms with E-state index in [2.05, 4.69) is 126 Å². The van der Waals surface area contributed by atoms with E-state index in [1.807, 2.05) is 29.7 Å². The second kappa shape index (κ2) is 11.6. The lowest BCUT2D eigenvalue weighted by atomic mass is 9.87. The van der Waals surface area contributed by atoms with Crippen molar-refractivity contribution in [3.8, 4) is 0 Å². The molecule has 0 fully saturated rings. The fraction of sp³-hybridized carbons (Fsp3) is 0.366. The van der Waals surface area contributed by atoms with Crippen LogP contribution in [0.3, 0.4) is 0 Å². The van der Waals surface area contributed by atoms with E-state index in [0.717, 1.165) is 45.3 Å². The van der Waals surface area contributed by atoms with Crippen molar-refractivity contribution < 1.29 is 13.2 Å². The Kier molecular flexibility index (Phi) is 8.13. The fourth-order valence-electron chi connectivity index (χ4n) is 6.60. The molecule has 48 heavy (non-hydrogen) atoms. The minimum absolute atomic E-state index is 0.0155. The molecular weight excluding hydrogens is 605 g/mol. The molecule has 2 aliphatic rings. The van der Waals surface area contributed by atoms with E-state index in [1.54, 1.807) is 0 Å². The van der Waals surface area contributed by atoms with Crippen LogP contribution in [0.1, 0.15) is 83.2 Å². The number of benzene rings is 4. The minimum atomic E-state index is -4.51. The SMILES string of the molecule is CC1=C(C)N(c2cc(N3CN(c4ccc(C(C)(C)C)cc4)c4cc(C)c(C)cc43)cc(C(F)(F)F)c2)CN1c1ccc(C(C)(C)C)cc1. The van der Waals surface area contributed by atoms with Gasteiger partial charge < -0.3 is 19.6 Å². The van der Waals surface area contributed by atoms with Crippen molar-refractivity contribution in [2.24, 2.45) is 0 Å². The van der Waals surface area contributed by atoms with E-state index >= 15 is 0 Å². The first-order chi connectivity index (χ1) is 22.3. The fourth-order valence-corrected chi connectivity index (χ4v) is 6.60. The molecule has 4 nitrogen and oxygen atoms in total. The van der Waals surface area contributed by atoms with Crippen molar-refractivity contribution >= 4 is 34.1 Å². The van der Waals surface area contributed by atoms with Gasteiger partial charge >= 0.3 is 6.18 Å². The molecule has 0 spiro atoms. The molecule has 0 aromatic heterocycles. The molecule has 4 aromatic rings. The van der Waals surface area contributed by atoms with Crippen molar-refractivity contribution in [2.45, 2.75) is 86.2 Å². The number of halogens is 3. The lowest BCUT2D eigenvalue weighted by Gasteiger charge is -2.28. The van der Waals surface area contributed by atoms with Crippen molar-refractivity contribution in [1.29, 1.82) is 0 Å². The maximum Gasteiger partial charge on any atom is 0.416 e. The maximum absolute atomic E-state index is 14.6. The summed E-state index contributed by atoms with van der Waals surface area (Å²) in [5, 5.41) is 0. The molecular formula is C41H47F3N4. The molecule has 0 aliphatic carbocycles. The number of nitrogens with zero attached hydrogens (tertiary/aromatic N) is 4. The summed E-state index contributed by atoms with van der Waals surface area (Å²) in [5.74, 6) is 0. The van der Waals surface area contributed by atoms with Crippen LogP contribution in [0.4, 0.5) is 47.3 Å². The van der Waals surface area contributed by atoms with Crippen LogP contribution in [0.15, 0.2) is 90.3 Å². The van der Waals surface area contributed by atoms with E-state index in [0.29, 0.717) is 24.7 Å². The normalized spacial score (nSPS) is 15.6. The summed E-state index contributed by atoms with van der Waals surface area (Å²) in [6.45, 7) is 22.1. The molecule has 0 amide bonds. The number of allylic oxidation sites excluding steroid dienone is 2. The molecule has 0 radical (unpaired) electrons. The number of rotatable bonds is 4. The Morgan fingerprint density at radius 1 is 0.438 bits per heavy atom. The Balaban J connectivity index is 1.40. The molecule has 7 heteroatoms. The van der Waals surface area contributed by atoms with Gasteiger partial charge in [-0.05, 0) is 115 Å². The average Bonchev–Trinajstić information content (AvgIpc) is 3.52. The molecule has 0 N–H and O–H groups in total. The molecule has 252 valence electrons. The monoisotopic (exact) mass is 652 g/mol. The Morgan fingerprint density at radius 3 is 1.21 bits per heavy atom. The number of fused-ring (bicyclic) bond motifs is 1. The van der Waals surface area contributed by atoms with Crippen LogP contribution in [0.5, 0.6) is 0 Å². The largest absolute Gasteiger partial charge is 0.416 e. The smallest absolute Gasteiger partial charge is 0.325 e. The topological polar surface area (TPSA) is 13.0 Å². The Labute approximate surface area is 284 Å². The second-order valence-electron chi connectivity index (χ2n) is 15.4. The highest BCUT2D eigenvalue weighted by atomic mass is 19.4. The Morgan fingerprint density at radius 2 is 0.792 bits per heavy atom. The summed E-state index contributed by atoms with van der Waals surface area (Å²) in [4.78, 5) is 8.37. The van der Waals surface area contributed by atoms with Gasteiger partial charge in [0.05, 0.1) is 23.6 Å². The van der Waals surface area contributed by atoms with Gasteiger partial charge in [0.2, 0.25) is 0 Å². The number of aryl methyl sites for hydroxylation is 2. The predicted molar refractivity (Wildman–Crippen MR) is 195 cm³/mol. The van der Waals surface area contributed by atoms with E-state index in [9.17, 15) is 13.2 Å². The lowest BCUT2D eigenvalue weighted by Crippen LogP contribution is -2.28. The summed E-state index contributed by atoms with van der Waals surface area (Å²) >= 11 is 0. The van der Waals surface area contributed by atoms with Gasteiger partial charge in [-0.3, -0.25) is 0 Å². The molecule has 2 heterocycles. The zero-order chi connectivity index (χ0) is 34.9. The molecule has 0 saturated heterocycles. The van der Waals surface area contributed by atoms with E-state index < -0.39 is 11.7 Å². The Bertz CT molecular complexity index is 1870. The van der Waals surface area contributed by atoms with Gasteiger partial charge in [0.25, 0.3) is 0 Å². The van der Waals surface area contributed by atoms with Crippen LogP contribution < -0.4 is 19.6 Å². The average molecular weight is 653 g/mol. The predicted octanol–water partition coefficient (Wildman–Crippen LogP) is 11.7. The minimum Gasteiger partial charge on any atom is -0.325 e. The molecule has 0 unspecified atom stereocenters. The first kappa shape index (κ1) is 33.5. The van der Waals surface area contributed by atoms with E-state index in [1.165, 1.54) is 23.3 Å². The third-order valence-corrected chi connectivity index (χ3v) is 10.0. The third kappa shape index (κ3) is 6.15. The number of anilines is 6. The van der Waals surface area contributed by atoms with Crippen LogP contribution in [-0.2, 0) is 17.0 Å². The molecule has 6 rings (SSSR count). The summed E-state index contributed by atoms with van der Waals surface area (Å²) < 4.78 is 43.8. The van der Waals surface area contributed by atoms with Gasteiger partial charge in [0.15, 0.2) is 0 Å². The van der Waals surface area contributed by atoms with Gasteiger partial charge in [0.1, 0.15) is 6.67 Å². The van der Waals surface area contributed by atoms with Gasteiger partial charge in [0, 0.05) is 34.1 Å².